The first-order chi connectivity index (χ1) is 10.8. The minimum absolute atomic E-state index is 0.0204. The Bertz CT molecular complexity index is 693. The Labute approximate surface area is 134 Å². The summed E-state index contributed by atoms with van der Waals surface area (Å²) in [6, 6.07) is 5.33. The summed E-state index contributed by atoms with van der Waals surface area (Å²) in [7, 11) is 0. The van der Waals surface area contributed by atoms with E-state index in [-0.39, 0.29) is 22.1 Å². The number of hydrogen-bond donors (Lipinski definition) is 0. The van der Waals surface area contributed by atoms with Crippen molar-refractivity contribution < 1.29 is 14.6 Å². The molecule has 0 heterocycles. The molecule has 2 saturated carbocycles. The van der Waals surface area contributed by atoms with E-state index < -0.39 is 10.9 Å². The summed E-state index contributed by atoms with van der Waals surface area (Å²) in [5.74, 6) is 0.000837. The molecule has 0 saturated heterocycles. The molecule has 0 aliphatic heterocycles. The Morgan fingerprint density at radius 1 is 1.30 bits per heavy atom. The number of rotatable bonds is 3. The van der Waals surface area contributed by atoms with Crippen LogP contribution in [-0.2, 0) is 4.84 Å². The number of hydrogen-bond acceptors (Lipinski definition) is 5. The topological polar surface area (TPSA) is 81.8 Å². The van der Waals surface area contributed by atoms with Crippen molar-refractivity contribution in [2.24, 2.45) is 21.9 Å². The third-order valence-corrected chi connectivity index (χ3v) is 6.06. The Morgan fingerprint density at radius 2 is 1.96 bits per heavy atom. The van der Waals surface area contributed by atoms with Gasteiger partial charge in [-0.3, -0.25) is 10.1 Å². The highest BCUT2D eigenvalue weighted by Gasteiger charge is 2.60. The molecule has 2 bridgehead atoms. The molecule has 0 aromatic heterocycles. The normalized spacial score (nSPS) is 29.7. The lowest BCUT2D eigenvalue weighted by Crippen LogP contribution is -2.32. The monoisotopic (exact) mass is 316 g/mol. The van der Waals surface area contributed by atoms with Gasteiger partial charge in [-0.05, 0) is 42.7 Å². The first kappa shape index (κ1) is 15.6. The quantitative estimate of drug-likeness (QED) is 0.480. The molecule has 3 rings (SSSR count). The van der Waals surface area contributed by atoms with Crippen LogP contribution >= 0.6 is 0 Å². The standard InChI is InChI=1S/C17H20N2O4/c1-16(2)12-8-9-17(16,3)14(10-12)18-23-15(20)11-4-6-13(7-5-11)19(21)22/h4-7,12H,8-10H2,1-3H3/b18-14-/t12-,17+/m1/s1. The van der Waals surface area contributed by atoms with Crippen LogP contribution in [0.15, 0.2) is 29.4 Å². The lowest BCUT2D eigenvalue weighted by atomic mass is 9.70. The van der Waals surface area contributed by atoms with Crippen LogP contribution in [0.25, 0.3) is 0 Å². The maximum atomic E-state index is 12.1. The summed E-state index contributed by atoms with van der Waals surface area (Å²) in [5.41, 5.74) is 1.30. The lowest BCUT2D eigenvalue weighted by molar-refractivity contribution is -0.384. The van der Waals surface area contributed by atoms with Crippen LogP contribution in [-0.4, -0.2) is 16.6 Å². The number of carbonyl (C=O) groups excluding carboxylic acids is 1. The van der Waals surface area contributed by atoms with E-state index in [1.54, 1.807) is 0 Å². The first-order valence-electron chi connectivity index (χ1n) is 7.79. The predicted molar refractivity (Wildman–Crippen MR) is 85.2 cm³/mol. The summed E-state index contributed by atoms with van der Waals surface area (Å²) >= 11 is 0. The van der Waals surface area contributed by atoms with Gasteiger partial charge < -0.3 is 4.84 Å². The number of fused-ring (bicyclic) bond motifs is 2. The van der Waals surface area contributed by atoms with Crippen molar-refractivity contribution in [3.8, 4) is 0 Å². The van der Waals surface area contributed by atoms with E-state index in [1.807, 2.05) is 0 Å². The molecule has 0 amide bonds. The minimum atomic E-state index is -0.587. The fourth-order valence-corrected chi connectivity index (χ4v) is 3.93. The first-order valence-corrected chi connectivity index (χ1v) is 7.79. The van der Waals surface area contributed by atoms with Crippen molar-refractivity contribution in [2.45, 2.75) is 40.0 Å². The molecule has 0 unspecified atom stereocenters. The van der Waals surface area contributed by atoms with Crippen molar-refractivity contribution >= 4 is 17.4 Å². The van der Waals surface area contributed by atoms with Crippen LogP contribution in [0.1, 0.15) is 50.4 Å². The van der Waals surface area contributed by atoms with Gasteiger partial charge in [-0.15, -0.1) is 0 Å². The Hall–Kier alpha value is -2.24. The smallest absolute Gasteiger partial charge is 0.313 e. The summed E-state index contributed by atoms with van der Waals surface area (Å²) in [4.78, 5) is 27.3. The molecule has 2 atom stereocenters. The zero-order valence-corrected chi connectivity index (χ0v) is 13.5. The van der Waals surface area contributed by atoms with Crippen LogP contribution in [0.5, 0.6) is 0 Å². The lowest BCUT2D eigenvalue weighted by Gasteiger charge is -2.34. The van der Waals surface area contributed by atoms with Gasteiger partial charge in [0.1, 0.15) is 0 Å². The van der Waals surface area contributed by atoms with Gasteiger partial charge in [0.15, 0.2) is 0 Å². The van der Waals surface area contributed by atoms with E-state index in [0.29, 0.717) is 5.92 Å². The molecule has 2 fully saturated rings. The highest BCUT2D eigenvalue weighted by molar-refractivity contribution is 5.95. The van der Waals surface area contributed by atoms with E-state index in [4.69, 9.17) is 4.84 Å². The number of nitro groups is 1. The number of carbonyl (C=O) groups is 1. The SMILES string of the molecule is CC1(C)[C@@H]2CC[C@@]1(C)/C(=N\OC(=O)c1ccc([N+](=O)[O-])cc1)C2. The van der Waals surface area contributed by atoms with Crippen LogP contribution in [0.3, 0.4) is 0 Å². The molecule has 1 aromatic rings. The van der Waals surface area contributed by atoms with Crippen LogP contribution in [0.4, 0.5) is 5.69 Å². The van der Waals surface area contributed by atoms with E-state index in [0.717, 1.165) is 18.6 Å². The average molecular weight is 316 g/mol. The highest BCUT2D eigenvalue weighted by atomic mass is 16.7. The third kappa shape index (κ3) is 2.33. The fraction of sp³-hybridized carbons (Fsp3) is 0.529. The van der Waals surface area contributed by atoms with Gasteiger partial charge in [-0.25, -0.2) is 4.79 Å². The molecule has 2 aliphatic carbocycles. The molecular formula is C17H20N2O4. The fourth-order valence-electron chi connectivity index (χ4n) is 3.93. The summed E-state index contributed by atoms with van der Waals surface area (Å²) in [6.45, 7) is 6.70. The van der Waals surface area contributed by atoms with E-state index in [2.05, 4.69) is 25.9 Å². The van der Waals surface area contributed by atoms with Crippen molar-refractivity contribution in [2.75, 3.05) is 0 Å². The Balaban J connectivity index is 1.73. The molecule has 1 aromatic carbocycles. The summed E-state index contributed by atoms with van der Waals surface area (Å²) < 4.78 is 0. The summed E-state index contributed by atoms with van der Waals surface area (Å²) in [6.07, 6.45) is 3.13. The Morgan fingerprint density at radius 3 is 2.43 bits per heavy atom. The minimum Gasteiger partial charge on any atom is -0.313 e. The van der Waals surface area contributed by atoms with E-state index >= 15 is 0 Å². The molecule has 0 radical (unpaired) electrons. The molecule has 6 heteroatoms. The molecule has 0 N–H and O–H groups in total. The van der Waals surface area contributed by atoms with Gasteiger partial charge >= 0.3 is 5.97 Å². The van der Waals surface area contributed by atoms with Crippen LogP contribution in [0.2, 0.25) is 0 Å². The number of non-ortho nitro benzene ring substituents is 1. The molecule has 0 spiro atoms. The van der Waals surface area contributed by atoms with Gasteiger partial charge in [0, 0.05) is 17.5 Å². The van der Waals surface area contributed by atoms with Crippen molar-refractivity contribution in [3.63, 3.8) is 0 Å². The second-order valence-corrected chi connectivity index (χ2v) is 7.21. The number of benzene rings is 1. The second kappa shape index (κ2) is 5.15. The van der Waals surface area contributed by atoms with Gasteiger partial charge in [-0.2, -0.15) is 0 Å². The van der Waals surface area contributed by atoms with Gasteiger partial charge in [0.05, 0.1) is 16.2 Å². The molecule has 2 aliphatic rings. The zero-order valence-electron chi connectivity index (χ0n) is 13.5. The number of oxime groups is 1. The zero-order chi connectivity index (χ0) is 16.8. The predicted octanol–water partition coefficient (Wildman–Crippen LogP) is 3.95. The van der Waals surface area contributed by atoms with E-state index in [1.165, 1.54) is 30.7 Å². The highest BCUT2D eigenvalue weighted by Crippen LogP contribution is 2.63. The molecule has 6 nitrogen and oxygen atoms in total. The summed E-state index contributed by atoms with van der Waals surface area (Å²) in [5, 5.41) is 14.8. The van der Waals surface area contributed by atoms with Crippen LogP contribution in [0, 0.1) is 26.9 Å². The maximum absolute atomic E-state index is 12.1. The number of nitro benzene ring substituents is 1. The van der Waals surface area contributed by atoms with Crippen LogP contribution < -0.4 is 0 Å². The average Bonchev–Trinajstić information content (AvgIpc) is 2.85. The molecule has 122 valence electrons. The van der Waals surface area contributed by atoms with Gasteiger partial charge in [-0.1, -0.05) is 25.9 Å². The van der Waals surface area contributed by atoms with E-state index in [9.17, 15) is 14.9 Å². The van der Waals surface area contributed by atoms with Crippen molar-refractivity contribution in [1.82, 2.24) is 0 Å². The van der Waals surface area contributed by atoms with Gasteiger partial charge in [0.25, 0.3) is 5.69 Å². The molecular weight excluding hydrogens is 296 g/mol. The largest absolute Gasteiger partial charge is 0.365 e. The van der Waals surface area contributed by atoms with Crippen molar-refractivity contribution in [1.29, 1.82) is 0 Å². The Kier molecular flexibility index (Phi) is 3.50. The van der Waals surface area contributed by atoms with Crippen molar-refractivity contribution in [3.05, 3.63) is 39.9 Å². The van der Waals surface area contributed by atoms with Gasteiger partial charge in [0.2, 0.25) is 0 Å². The second-order valence-electron chi connectivity index (χ2n) is 7.21. The number of nitrogens with zero attached hydrogens (tertiary/aromatic N) is 2. The maximum Gasteiger partial charge on any atom is 0.365 e. The third-order valence-electron chi connectivity index (χ3n) is 6.06. The molecule has 23 heavy (non-hydrogen) atoms.